The Labute approximate surface area is 134 Å². The van der Waals surface area contributed by atoms with Gasteiger partial charge in [-0.25, -0.2) is 10.4 Å². The molecule has 0 spiro atoms. The number of pyridine rings is 1. The smallest absolute Gasteiger partial charge is 0.209 e. The molecule has 0 unspecified atom stereocenters. The number of benzene rings is 2. The predicted molar refractivity (Wildman–Crippen MR) is 94.2 cm³/mol. The number of hydrogen-bond acceptors (Lipinski definition) is 3. The van der Waals surface area contributed by atoms with Crippen molar-refractivity contribution in [3.8, 4) is 0 Å². The molecule has 0 aliphatic carbocycles. The van der Waals surface area contributed by atoms with E-state index in [0.29, 0.717) is 6.54 Å². The van der Waals surface area contributed by atoms with E-state index in [1.54, 1.807) is 18.6 Å². The number of guanidine groups is 1. The van der Waals surface area contributed by atoms with Gasteiger partial charge in [0.1, 0.15) is 0 Å². The van der Waals surface area contributed by atoms with Crippen LogP contribution in [0.3, 0.4) is 0 Å². The highest BCUT2D eigenvalue weighted by molar-refractivity contribution is 5.86. The maximum atomic E-state index is 5.84. The largest absolute Gasteiger partial charge is 0.369 e. The van der Waals surface area contributed by atoms with Gasteiger partial charge in [-0.05, 0) is 34.0 Å². The van der Waals surface area contributed by atoms with Crippen LogP contribution in [-0.4, -0.2) is 17.2 Å². The van der Waals surface area contributed by atoms with Gasteiger partial charge in [-0.2, -0.15) is 5.10 Å². The van der Waals surface area contributed by atoms with E-state index in [0.717, 1.165) is 11.1 Å². The summed E-state index contributed by atoms with van der Waals surface area (Å²) in [7, 11) is 0. The van der Waals surface area contributed by atoms with Crippen LogP contribution >= 0.6 is 0 Å². The van der Waals surface area contributed by atoms with Crippen molar-refractivity contribution in [3.63, 3.8) is 0 Å². The molecule has 5 nitrogen and oxygen atoms in total. The van der Waals surface area contributed by atoms with Gasteiger partial charge in [0.2, 0.25) is 5.96 Å². The third-order valence-electron chi connectivity index (χ3n) is 3.40. The van der Waals surface area contributed by atoms with E-state index < -0.39 is 0 Å². The summed E-state index contributed by atoms with van der Waals surface area (Å²) in [6.07, 6.45) is 5.08. The molecule has 0 aliphatic rings. The average molecular weight is 303 g/mol. The molecule has 0 fully saturated rings. The Hall–Kier alpha value is -3.21. The molecule has 0 amide bonds. The molecule has 114 valence electrons. The van der Waals surface area contributed by atoms with Gasteiger partial charge in [0.15, 0.2) is 0 Å². The number of nitrogens with two attached hydrogens (primary N) is 1. The van der Waals surface area contributed by atoms with Crippen molar-refractivity contribution in [1.82, 2.24) is 10.4 Å². The Bertz CT molecular complexity index is 835. The molecule has 1 aromatic heterocycles. The highest BCUT2D eigenvalue weighted by atomic mass is 15.3. The summed E-state index contributed by atoms with van der Waals surface area (Å²) >= 11 is 0. The second-order valence-corrected chi connectivity index (χ2v) is 4.99. The summed E-state index contributed by atoms with van der Waals surface area (Å²) in [5, 5.41) is 6.44. The van der Waals surface area contributed by atoms with Gasteiger partial charge in [0.25, 0.3) is 0 Å². The molecule has 0 aliphatic heterocycles. The zero-order valence-corrected chi connectivity index (χ0v) is 12.6. The number of fused-ring (bicyclic) bond motifs is 1. The minimum Gasteiger partial charge on any atom is -0.369 e. The van der Waals surface area contributed by atoms with Crippen LogP contribution in [0, 0.1) is 0 Å². The fraction of sp³-hybridized carbons (Fsp3) is 0.0556. The number of hydrazone groups is 1. The molecule has 0 saturated carbocycles. The van der Waals surface area contributed by atoms with E-state index in [9.17, 15) is 0 Å². The Balaban J connectivity index is 1.66. The zero-order valence-electron chi connectivity index (χ0n) is 12.6. The van der Waals surface area contributed by atoms with Gasteiger partial charge >= 0.3 is 0 Å². The Morgan fingerprint density at radius 1 is 1.04 bits per heavy atom. The number of aromatic nitrogens is 1. The number of aliphatic imine (C=N–C) groups is 1. The van der Waals surface area contributed by atoms with E-state index in [-0.39, 0.29) is 5.96 Å². The van der Waals surface area contributed by atoms with E-state index in [2.05, 4.69) is 44.8 Å². The molecule has 1 heterocycles. The summed E-state index contributed by atoms with van der Waals surface area (Å²) in [6, 6.07) is 18.1. The lowest BCUT2D eigenvalue weighted by Gasteiger charge is -2.04. The standard InChI is InChI=1S/C18H17N5/c19-18(23-22-12-14-8-10-20-11-9-14)21-13-16-6-3-5-15-4-1-2-7-17(15)16/h1-12H,13H2,(H3,19,21,23). The molecule has 3 rings (SSSR count). The maximum Gasteiger partial charge on any atom is 0.209 e. The molecule has 23 heavy (non-hydrogen) atoms. The van der Waals surface area contributed by atoms with Gasteiger partial charge in [-0.3, -0.25) is 4.98 Å². The maximum absolute atomic E-state index is 5.84. The molecule has 0 bridgehead atoms. The highest BCUT2D eigenvalue weighted by Crippen LogP contribution is 2.18. The lowest BCUT2D eigenvalue weighted by molar-refractivity contribution is 0.966. The van der Waals surface area contributed by atoms with E-state index in [1.165, 1.54) is 10.8 Å². The first-order valence-corrected chi connectivity index (χ1v) is 7.28. The number of hydrogen-bond donors (Lipinski definition) is 2. The topological polar surface area (TPSA) is 75.7 Å². The lowest BCUT2D eigenvalue weighted by Crippen LogP contribution is -2.27. The second-order valence-electron chi connectivity index (χ2n) is 4.99. The number of nitrogens with one attached hydrogen (secondary N) is 1. The molecule has 2 aromatic carbocycles. The van der Waals surface area contributed by atoms with Crippen molar-refractivity contribution in [3.05, 3.63) is 78.1 Å². The van der Waals surface area contributed by atoms with Crippen LogP contribution in [-0.2, 0) is 6.54 Å². The van der Waals surface area contributed by atoms with Gasteiger partial charge in [0.05, 0.1) is 12.8 Å². The van der Waals surface area contributed by atoms with Crippen molar-refractivity contribution in [2.75, 3.05) is 0 Å². The van der Waals surface area contributed by atoms with Crippen molar-refractivity contribution in [2.24, 2.45) is 15.8 Å². The molecule has 0 atom stereocenters. The van der Waals surface area contributed by atoms with Crippen LogP contribution < -0.4 is 11.2 Å². The lowest BCUT2D eigenvalue weighted by atomic mass is 10.1. The van der Waals surface area contributed by atoms with Crippen LogP contribution in [0.4, 0.5) is 0 Å². The number of nitrogens with zero attached hydrogens (tertiary/aromatic N) is 3. The van der Waals surface area contributed by atoms with Crippen LogP contribution in [0.2, 0.25) is 0 Å². The van der Waals surface area contributed by atoms with E-state index in [1.807, 2.05) is 30.3 Å². The van der Waals surface area contributed by atoms with Gasteiger partial charge in [-0.15, -0.1) is 0 Å². The minimum absolute atomic E-state index is 0.281. The number of rotatable bonds is 4. The first kappa shape index (κ1) is 14.7. The second kappa shape index (κ2) is 7.17. The monoisotopic (exact) mass is 303 g/mol. The third kappa shape index (κ3) is 3.91. The normalized spacial score (nSPS) is 11.9. The van der Waals surface area contributed by atoms with Gasteiger partial charge in [-0.1, -0.05) is 42.5 Å². The Morgan fingerprint density at radius 3 is 2.70 bits per heavy atom. The first-order valence-electron chi connectivity index (χ1n) is 7.28. The molecule has 3 N–H and O–H groups in total. The van der Waals surface area contributed by atoms with Crippen LogP contribution in [0.1, 0.15) is 11.1 Å². The van der Waals surface area contributed by atoms with Gasteiger partial charge in [0, 0.05) is 12.4 Å². The van der Waals surface area contributed by atoms with Crippen LogP contribution in [0.25, 0.3) is 10.8 Å². The summed E-state index contributed by atoms with van der Waals surface area (Å²) in [5.41, 5.74) is 10.6. The summed E-state index contributed by atoms with van der Waals surface area (Å²) in [4.78, 5) is 8.28. The first-order chi connectivity index (χ1) is 11.3. The zero-order chi connectivity index (χ0) is 15.9. The molecular weight excluding hydrogens is 286 g/mol. The van der Waals surface area contributed by atoms with Crippen LogP contribution in [0.5, 0.6) is 0 Å². The minimum atomic E-state index is 0.281. The van der Waals surface area contributed by atoms with Crippen molar-refractivity contribution >= 4 is 22.9 Å². The summed E-state index contributed by atoms with van der Waals surface area (Å²) in [5.74, 6) is 0.281. The predicted octanol–water partition coefficient (Wildman–Crippen LogP) is 2.67. The van der Waals surface area contributed by atoms with E-state index in [4.69, 9.17) is 5.73 Å². The quantitative estimate of drug-likeness (QED) is 0.442. The fourth-order valence-corrected chi connectivity index (χ4v) is 2.26. The SMILES string of the molecule is NC(=NCc1cccc2ccccc12)NN=Cc1ccncc1. The Morgan fingerprint density at radius 2 is 1.83 bits per heavy atom. The summed E-state index contributed by atoms with van der Waals surface area (Å²) < 4.78 is 0. The molecule has 3 aromatic rings. The van der Waals surface area contributed by atoms with Gasteiger partial charge < -0.3 is 5.73 Å². The molecular formula is C18H17N5. The van der Waals surface area contributed by atoms with E-state index >= 15 is 0 Å². The van der Waals surface area contributed by atoms with Crippen molar-refractivity contribution < 1.29 is 0 Å². The van der Waals surface area contributed by atoms with Crippen LogP contribution in [0.15, 0.2) is 77.1 Å². The molecule has 5 heteroatoms. The Kier molecular flexibility index (Phi) is 4.59. The molecule has 0 saturated heterocycles. The third-order valence-corrected chi connectivity index (χ3v) is 3.40. The summed E-state index contributed by atoms with van der Waals surface area (Å²) in [6.45, 7) is 0.505. The fourth-order valence-electron chi connectivity index (χ4n) is 2.26. The average Bonchev–Trinajstić information content (AvgIpc) is 2.61. The molecule has 0 radical (unpaired) electrons. The van der Waals surface area contributed by atoms with Crippen molar-refractivity contribution in [1.29, 1.82) is 0 Å². The van der Waals surface area contributed by atoms with Crippen molar-refractivity contribution in [2.45, 2.75) is 6.54 Å². The highest BCUT2D eigenvalue weighted by Gasteiger charge is 1.99.